The van der Waals surface area contributed by atoms with Gasteiger partial charge in [-0.2, -0.15) is 5.10 Å². The zero-order chi connectivity index (χ0) is 13.3. The zero-order valence-corrected chi connectivity index (χ0v) is 11.5. The van der Waals surface area contributed by atoms with Gasteiger partial charge in [0.15, 0.2) is 0 Å². The van der Waals surface area contributed by atoms with Crippen molar-refractivity contribution in [1.29, 1.82) is 0 Å². The summed E-state index contributed by atoms with van der Waals surface area (Å²) in [5.41, 5.74) is 7.14. The van der Waals surface area contributed by atoms with Gasteiger partial charge in [0.05, 0.1) is 6.04 Å². The van der Waals surface area contributed by atoms with Crippen molar-refractivity contribution in [3.63, 3.8) is 0 Å². The summed E-state index contributed by atoms with van der Waals surface area (Å²) in [7, 11) is 0. The van der Waals surface area contributed by atoms with E-state index in [-0.39, 0.29) is 12.1 Å². The van der Waals surface area contributed by atoms with Crippen molar-refractivity contribution in [3.05, 3.63) is 46.5 Å². The Morgan fingerprint density at radius 3 is 2.56 bits per heavy atom. The first kappa shape index (κ1) is 13.1. The largest absolute Gasteiger partial charge is 0.326 e. The average Bonchev–Trinajstić information content (AvgIpc) is 2.58. The van der Waals surface area contributed by atoms with Crippen LogP contribution in [0.15, 0.2) is 24.3 Å². The van der Waals surface area contributed by atoms with Crippen LogP contribution < -0.4 is 5.73 Å². The van der Waals surface area contributed by atoms with Gasteiger partial charge in [0, 0.05) is 11.1 Å². The van der Waals surface area contributed by atoms with E-state index in [1.165, 1.54) is 0 Å². The molecule has 0 aliphatic carbocycles. The summed E-state index contributed by atoms with van der Waals surface area (Å²) in [6.07, 6.45) is 0. The van der Waals surface area contributed by atoms with E-state index >= 15 is 0 Å². The van der Waals surface area contributed by atoms with E-state index in [0.29, 0.717) is 5.02 Å². The van der Waals surface area contributed by atoms with Gasteiger partial charge >= 0.3 is 0 Å². The molecule has 2 rings (SSSR count). The van der Waals surface area contributed by atoms with Gasteiger partial charge in [0.1, 0.15) is 11.6 Å². The average molecular weight is 265 g/mol. The van der Waals surface area contributed by atoms with Crippen LogP contribution in [0, 0.1) is 13.8 Å². The van der Waals surface area contributed by atoms with Gasteiger partial charge in [-0.15, -0.1) is 0 Å². The van der Waals surface area contributed by atoms with Crippen LogP contribution >= 0.6 is 11.6 Å². The van der Waals surface area contributed by atoms with Crippen LogP contribution in [0.4, 0.5) is 0 Å². The Hall–Kier alpha value is -1.39. The van der Waals surface area contributed by atoms with Crippen molar-refractivity contribution in [3.8, 4) is 0 Å². The Bertz CT molecular complexity index is 548. The summed E-state index contributed by atoms with van der Waals surface area (Å²) >= 11 is 6.04. The number of aryl methyl sites for hydroxylation is 2. The SMILES string of the molecule is Cc1nc(C)n(C(c2cccc(Cl)c2)C(C)N)n1. The number of nitrogens with zero attached hydrogens (tertiary/aromatic N) is 3. The predicted octanol–water partition coefficient (Wildman–Crippen LogP) is 2.48. The van der Waals surface area contributed by atoms with Gasteiger partial charge in [-0.3, -0.25) is 0 Å². The topological polar surface area (TPSA) is 56.7 Å². The summed E-state index contributed by atoms with van der Waals surface area (Å²) in [4.78, 5) is 4.33. The fourth-order valence-electron chi connectivity index (χ4n) is 2.16. The van der Waals surface area contributed by atoms with E-state index in [1.807, 2.05) is 49.7 Å². The van der Waals surface area contributed by atoms with Crippen LogP contribution in [0.3, 0.4) is 0 Å². The molecule has 0 bridgehead atoms. The number of hydrogen-bond donors (Lipinski definition) is 1. The Morgan fingerprint density at radius 2 is 2.06 bits per heavy atom. The highest BCUT2D eigenvalue weighted by atomic mass is 35.5. The van der Waals surface area contributed by atoms with Crippen molar-refractivity contribution in [2.45, 2.75) is 32.9 Å². The molecule has 2 atom stereocenters. The fraction of sp³-hybridized carbons (Fsp3) is 0.385. The molecule has 0 amide bonds. The zero-order valence-electron chi connectivity index (χ0n) is 10.8. The van der Waals surface area contributed by atoms with Gasteiger partial charge < -0.3 is 5.73 Å². The number of rotatable bonds is 3. The van der Waals surface area contributed by atoms with Crippen LogP contribution in [-0.2, 0) is 0 Å². The number of benzene rings is 1. The molecule has 0 aliphatic rings. The van der Waals surface area contributed by atoms with E-state index in [2.05, 4.69) is 10.1 Å². The lowest BCUT2D eigenvalue weighted by atomic mass is 10.0. The number of halogens is 1. The minimum absolute atomic E-state index is 0.0510. The monoisotopic (exact) mass is 264 g/mol. The molecule has 0 spiro atoms. The Kier molecular flexibility index (Phi) is 3.68. The number of hydrogen-bond acceptors (Lipinski definition) is 3. The van der Waals surface area contributed by atoms with E-state index in [1.54, 1.807) is 0 Å². The van der Waals surface area contributed by atoms with E-state index in [0.717, 1.165) is 17.2 Å². The third kappa shape index (κ3) is 2.54. The molecule has 2 unspecified atom stereocenters. The fourth-order valence-corrected chi connectivity index (χ4v) is 2.36. The normalized spacial score (nSPS) is 14.5. The van der Waals surface area contributed by atoms with Crippen LogP contribution in [0.1, 0.15) is 30.2 Å². The third-order valence-electron chi connectivity index (χ3n) is 2.86. The van der Waals surface area contributed by atoms with Crippen molar-refractivity contribution in [2.24, 2.45) is 5.73 Å². The molecule has 0 saturated carbocycles. The molecule has 0 aliphatic heterocycles. The molecule has 1 heterocycles. The summed E-state index contributed by atoms with van der Waals surface area (Å²) in [5.74, 6) is 1.61. The first-order chi connectivity index (χ1) is 8.49. The van der Waals surface area contributed by atoms with Crippen molar-refractivity contribution < 1.29 is 0 Å². The number of nitrogens with two attached hydrogens (primary N) is 1. The van der Waals surface area contributed by atoms with Crippen molar-refractivity contribution >= 4 is 11.6 Å². The smallest absolute Gasteiger partial charge is 0.147 e. The molecular weight excluding hydrogens is 248 g/mol. The lowest BCUT2D eigenvalue weighted by Gasteiger charge is -2.22. The van der Waals surface area contributed by atoms with Gasteiger partial charge in [0.25, 0.3) is 0 Å². The molecule has 5 heteroatoms. The summed E-state index contributed by atoms with van der Waals surface area (Å²) < 4.78 is 1.87. The molecular formula is C13H17ClN4. The van der Waals surface area contributed by atoms with Crippen LogP contribution in [0.2, 0.25) is 5.02 Å². The standard InChI is InChI=1S/C13H17ClN4/c1-8(15)13(11-5-4-6-12(14)7-11)18-10(3)16-9(2)17-18/h4-8,13H,15H2,1-3H3. The molecule has 18 heavy (non-hydrogen) atoms. The van der Waals surface area contributed by atoms with E-state index < -0.39 is 0 Å². The molecule has 4 nitrogen and oxygen atoms in total. The quantitative estimate of drug-likeness (QED) is 0.927. The third-order valence-corrected chi connectivity index (χ3v) is 3.09. The molecule has 96 valence electrons. The van der Waals surface area contributed by atoms with Gasteiger partial charge in [0.2, 0.25) is 0 Å². The van der Waals surface area contributed by atoms with Crippen LogP contribution in [0.5, 0.6) is 0 Å². The van der Waals surface area contributed by atoms with Gasteiger partial charge in [-0.05, 0) is 38.5 Å². The Labute approximate surface area is 112 Å². The van der Waals surface area contributed by atoms with Gasteiger partial charge in [-0.25, -0.2) is 9.67 Å². The molecule has 2 N–H and O–H groups in total. The highest BCUT2D eigenvalue weighted by Gasteiger charge is 2.21. The lowest BCUT2D eigenvalue weighted by molar-refractivity contribution is 0.442. The maximum atomic E-state index is 6.10. The molecule has 2 aromatic rings. The second kappa shape index (κ2) is 5.08. The highest BCUT2D eigenvalue weighted by Crippen LogP contribution is 2.24. The Morgan fingerprint density at radius 1 is 1.33 bits per heavy atom. The second-order valence-corrected chi connectivity index (χ2v) is 4.95. The Balaban J connectivity index is 2.50. The minimum Gasteiger partial charge on any atom is -0.326 e. The van der Waals surface area contributed by atoms with Crippen LogP contribution in [0.25, 0.3) is 0 Å². The van der Waals surface area contributed by atoms with E-state index in [4.69, 9.17) is 17.3 Å². The predicted molar refractivity (Wildman–Crippen MR) is 72.7 cm³/mol. The molecule has 1 aromatic carbocycles. The summed E-state index contributed by atoms with van der Waals surface area (Å²) in [6.45, 7) is 5.77. The lowest BCUT2D eigenvalue weighted by Crippen LogP contribution is -2.31. The van der Waals surface area contributed by atoms with Gasteiger partial charge in [-0.1, -0.05) is 23.7 Å². The highest BCUT2D eigenvalue weighted by molar-refractivity contribution is 6.30. The second-order valence-electron chi connectivity index (χ2n) is 4.51. The van der Waals surface area contributed by atoms with Crippen LogP contribution in [-0.4, -0.2) is 20.8 Å². The minimum atomic E-state index is -0.0803. The number of aromatic nitrogens is 3. The first-order valence-corrected chi connectivity index (χ1v) is 6.27. The van der Waals surface area contributed by atoms with Crippen molar-refractivity contribution in [1.82, 2.24) is 14.8 Å². The first-order valence-electron chi connectivity index (χ1n) is 5.90. The van der Waals surface area contributed by atoms with Crippen molar-refractivity contribution in [2.75, 3.05) is 0 Å². The maximum Gasteiger partial charge on any atom is 0.147 e. The van der Waals surface area contributed by atoms with E-state index in [9.17, 15) is 0 Å². The summed E-state index contributed by atoms with van der Waals surface area (Å²) in [6, 6.07) is 7.57. The molecule has 0 radical (unpaired) electrons. The molecule has 1 aromatic heterocycles. The maximum absolute atomic E-state index is 6.10. The molecule has 0 fully saturated rings. The summed E-state index contributed by atoms with van der Waals surface area (Å²) in [5, 5.41) is 5.12. The molecule has 0 saturated heterocycles.